The normalized spacial score (nSPS) is 18.3. The van der Waals surface area contributed by atoms with E-state index >= 15 is 0 Å². The number of hydrogen-bond acceptors (Lipinski definition) is 4. The molecule has 2 rings (SSSR count). The monoisotopic (exact) mass is 322 g/mol. The van der Waals surface area contributed by atoms with Gasteiger partial charge in [-0.05, 0) is 32.3 Å². The Kier molecular flexibility index (Phi) is 5.41. The van der Waals surface area contributed by atoms with Gasteiger partial charge < -0.3 is 19.3 Å². The Bertz CT molecular complexity index is 595. The Balaban J connectivity index is 2.04. The van der Waals surface area contributed by atoms with Gasteiger partial charge in [-0.2, -0.15) is 0 Å². The highest BCUT2D eigenvalue weighted by Gasteiger charge is 2.29. The van der Waals surface area contributed by atoms with Gasteiger partial charge in [0, 0.05) is 31.6 Å². The lowest BCUT2D eigenvalue weighted by molar-refractivity contribution is -0.145. The molecule has 23 heavy (non-hydrogen) atoms. The first-order valence-corrected chi connectivity index (χ1v) is 7.72. The Morgan fingerprint density at radius 1 is 1.35 bits per heavy atom. The smallest absolute Gasteiger partial charge is 0.323 e. The first-order chi connectivity index (χ1) is 10.9. The number of aliphatic carboxylic acids is 1. The van der Waals surface area contributed by atoms with Crippen LogP contribution in [0.15, 0.2) is 16.7 Å². The van der Waals surface area contributed by atoms with Crippen molar-refractivity contribution in [1.82, 2.24) is 9.80 Å². The van der Waals surface area contributed by atoms with Crippen LogP contribution in [-0.4, -0.2) is 58.4 Å². The standard InChI is InChI=1S/C16H22N2O5/c1-11-6-9-23-15(11)16(22)17-7-3-4-13(5-8-17)18(12(2)19)10-14(20)21/h6,9,13H,3-5,7-8,10H2,1-2H3,(H,20,21). The highest BCUT2D eigenvalue weighted by Crippen LogP contribution is 2.20. The van der Waals surface area contributed by atoms with Crippen molar-refractivity contribution in [2.45, 2.75) is 39.2 Å². The molecule has 2 heterocycles. The molecule has 1 atom stereocenters. The average molecular weight is 322 g/mol. The van der Waals surface area contributed by atoms with E-state index in [1.807, 2.05) is 6.92 Å². The number of aryl methyl sites for hydroxylation is 1. The number of carbonyl (C=O) groups excluding carboxylic acids is 2. The molecule has 1 aromatic heterocycles. The number of hydrogen-bond donors (Lipinski definition) is 1. The van der Waals surface area contributed by atoms with Gasteiger partial charge in [-0.1, -0.05) is 0 Å². The lowest BCUT2D eigenvalue weighted by atomic mass is 10.1. The summed E-state index contributed by atoms with van der Waals surface area (Å²) in [5, 5.41) is 8.96. The van der Waals surface area contributed by atoms with Gasteiger partial charge in [0.2, 0.25) is 5.91 Å². The molecule has 1 saturated heterocycles. The van der Waals surface area contributed by atoms with Crippen LogP contribution in [0, 0.1) is 6.92 Å². The summed E-state index contributed by atoms with van der Waals surface area (Å²) in [7, 11) is 0. The second-order valence-corrected chi connectivity index (χ2v) is 5.85. The van der Waals surface area contributed by atoms with Gasteiger partial charge in [0.05, 0.1) is 6.26 Å². The zero-order valence-electron chi connectivity index (χ0n) is 13.4. The van der Waals surface area contributed by atoms with Crippen LogP contribution in [0.2, 0.25) is 0 Å². The number of furan rings is 1. The summed E-state index contributed by atoms with van der Waals surface area (Å²) >= 11 is 0. The van der Waals surface area contributed by atoms with Crippen LogP contribution in [0.5, 0.6) is 0 Å². The Morgan fingerprint density at radius 2 is 2.09 bits per heavy atom. The molecule has 0 spiro atoms. The third kappa shape index (κ3) is 4.12. The minimum Gasteiger partial charge on any atom is -0.480 e. The van der Waals surface area contributed by atoms with Crippen molar-refractivity contribution in [3.05, 3.63) is 23.7 Å². The number of amides is 2. The molecule has 0 bridgehead atoms. The van der Waals surface area contributed by atoms with E-state index in [1.54, 1.807) is 11.0 Å². The molecule has 0 aliphatic carbocycles. The van der Waals surface area contributed by atoms with E-state index < -0.39 is 5.97 Å². The van der Waals surface area contributed by atoms with Gasteiger partial charge in [-0.15, -0.1) is 0 Å². The van der Waals surface area contributed by atoms with Crippen LogP contribution in [0.4, 0.5) is 0 Å². The van der Waals surface area contributed by atoms with Crippen molar-refractivity contribution in [2.75, 3.05) is 19.6 Å². The van der Waals surface area contributed by atoms with Crippen LogP contribution in [0.25, 0.3) is 0 Å². The predicted octanol–water partition coefficient (Wildman–Crippen LogP) is 1.52. The van der Waals surface area contributed by atoms with Crippen molar-refractivity contribution in [3.63, 3.8) is 0 Å². The number of carboxylic acids is 1. The van der Waals surface area contributed by atoms with Crippen molar-refractivity contribution in [1.29, 1.82) is 0 Å². The van der Waals surface area contributed by atoms with Crippen LogP contribution < -0.4 is 0 Å². The number of rotatable bonds is 4. The summed E-state index contributed by atoms with van der Waals surface area (Å²) in [6, 6.07) is 1.59. The fraction of sp³-hybridized carbons (Fsp3) is 0.562. The van der Waals surface area contributed by atoms with Crippen molar-refractivity contribution >= 4 is 17.8 Å². The Labute approximate surface area is 134 Å². The molecule has 7 nitrogen and oxygen atoms in total. The van der Waals surface area contributed by atoms with E-state index in [2.05, 4.69) is 0 Å². The van der Waals surface area contributed by atoms with E-state index in [1.165, 1.54) is 18.1 Å². The first kappa shape index (κ1) is 17.1. The molecule has 0 saturated carbocycles. The second-order valence-electron chi connectivity index (χ2n) is 5.85. The quantitative estimate of drug-likeness (QED) is 0.907. The largest absolute Gasteiger partial charge is 0.480 e. The van der Waals surface area contributed by atoms with E-state index in [-0.39, 0.29) is 24.4 Å². The summed E-state index contributed by atoms with van der Waals surface area (Å²) in [5.41, 5.74) is 0.798. The van der Waals surface area contributed by atoms with Crippen LogP contribution >= 0.6 is 0 Å². The van der Waals surface area contributed by atoms with Gasteiger partial charge in [0.1, 0.15) is 6.54 Å². The zero-order valence-corrected chi connectivity index (χ0v) is 13.4. The maximum Gasteiger partial charge on any atom is 0.323 e. The topological polar surface area (TPSA) is 91.1 Å². The molecule has 2 amide bonds. The number of carboxylic acid groups (broad SMARTS) is 1. The van der Waals surface area contributed by atoms with Gasteiger partial charge in [0.15, 0.2) is 5.76 Å². The molecule has 0 aromatic carbocycles. The summed E-state index contributed by atoms with van der Waals surface area (Å²) < 4.78 is 5.25. The van der Waals surface area contributed by atoms with Gasteiger partial charge >= 0.3 is 5.97 Å². The average Bonchev–Trinajstić information content (AvgIpc) is 2.77. The number of likely N-dealkylation sites (tertiary alicyclic amines) is 1. The lowest BCUT2D eigenvalue weighted by Crippen LogP contribution is -2.43. The minimum atomic E-state index is -1.02. The van der Waals surface area contributed by atoms with Gasteiger partial charge in [-0.3, -0.25) is 14.4 Å². The minimum absolute atomic E-state index is 0.152. The summed E-state index contributed by atoms with van der Waals surface area (Å²) in [6.45, 7) is 3.96. The Hall–Kier alpha value is -2.31. The van der Waals surface area contributed by atoms with E-state index in [0.29, 0.717) is 31.7 Å². The van der Waals surface area contributed by atoms with Crippen molar-refractivity contribution in [2.24, 2.45) is 0 Å². The first-order valence-electron chi connectivity index (χ1n) is 7.72. The van der Waals surface area contributed by atoms with E-state index in [4.69, 9.17) is 9.52 Å². The summed E-state index contributed by atoms with van der Waals surface area (Å²) in [5.74, 6) is -1.08. The molecule has 1 unspecified atom stereocenters. The van der Waals surface area contributed by atoms with Gasteiger partial charge in [0.25, 0.3) is 5.91 Å². The number of carbonyl (C=O) groups is 3. The fourth-order valence-electron chi connectivity index (χ4n) is 2.97. The van der Waals surface area contributed by atoms with Crippen LogP contribution in [-0.2, 0) is 9.59 Å². The maximum atomic E-state index is 12.5. The summed E-state index contributed by atoms with van der Waals surface area (Å²) in [6.07, 6.45) is 3.47. The highest BCUT2D eigenvalue weighted by molar-refractivity contribution is 5.92. The third-order valence-corrected chi connectivity index (χ3v) is 4.19. The van der Waals surface area contributed by atoms with Crippen molar-refractivity contribution in [3.8, 4) is 0 Å². The molecular weight excluding hydrogens is 300 g/mol. The molecule has 0 radical (unpaired) electrons. The molecule has 1 N–H and O–H groups in total. The third-order valence-electron chi connectivity index (χ3n) is 4.19. The molecule has 1 fully saturated rings. The van der Waals surface area contributed by atoms with Gasteiger partial charge in [-0.25, -0.2) is 0 Å². The van der Waals surface area contributed by atoms with Crippen molar-refractivity contribution < 1.29 is 23.9 Å². The zero-order chi connectivity index (χ0) is 17.0. The lowest BCUT2D eigenvalue weighted by Gasteiger charge is -2.28. The summed E-state index contributed by atoms with van der Waals surface area (Å²) in [4.78, 5) is 38.2. The molecule has 126 valence electrons. The number of nitrogens with zero attached hydrogens (tertiary/aromatic N) is 2. The van der Waals surface area contributed by atoms with Crippen LogP contribution in [0.1, 0.15) is 42.3 Å². The highest BCUT2D eigenvalue weighted by atomic mass is 16.4. The fourth-order valence-corrected chi connectivity index (χ4v) is 2.97. The molecule has 7 heteroatoms. The molecule has 1 aromatic rings. The maximum absolute atomic E-state index is 12.5. The predicted molar refractivity (Wildman–Crippen MR) is 82.0 cm³/mol. The SMILES string of the molecule is CC(=O)N(CC(=O)O)C1CCCN(C(=O)c2occc2C)CC1. The van der Waals surface area contributed by atoms with E-state index in [9.17, 15) is 14.4 Å². The molecule has 1 aliphatic rings. The molecule has 1 aliphatic heterocycles. The van der Waals surface area contributed by atoms with E-state index in [0.717, 1.165) is 12.0 Å². The second kappa shape index (κ2) is 7.30. The molecular formula is C16H22N2O5. The van der Waals surface area contributed by atoms with Crippen LogP contribution in [0.3, 0.4) is 0 Å². The Morgan fingerprint density at radius 3 is 2.65 bits per heavy atom.